The quantitative estimate of drug-likeness (QED) is 0.711. The van der Waals surface area contributed by atoms with Gasteiger partial charge in [-0.15, -0.1) is 0 Å². The Morgan fingerprint density at radius 1 is 1.67 bits per heavy atom. The van der Waals surface area contributed by atoms with E-state index in [9.17, 15) is 8.42 Å². The second kappa shape index (κ2) is 4.73. The first-order valence-electron chi connectivity index (χ1n) is 4.67. The zero-order chi connectivity index (χ0) is 11.5. The third kappa shape index (κ3) is 3.29. The highest BCUT2D eigenvalue weighted by atomic mass is 32.2. The minimum Gasteiger partial charge on any atom is -0.330 e. The fourth-order valence-corrected chi connectivity index (χ4v) is 2.44. The van der Waals surface area contributed by atoms with Gasteiger partial charge in [0.2, 0.25) is 10.0 Å². The molecule has 0 aromatic carbocycles. The third-order valence-electron chi connectivity index (χ3n) is 1.95. The summed E-state index contributed by atoms with van der Waals surface area (Å²) in [6.07, 6.45) is 3.38. The monoisotopic (exact) mass is 232 g/mol. The summed E-state index contributed by atoms with van der Waals surface area (Å²) in [5.74, 6) is 0. The number of aromatic nitrogens is 2. The van der Waals surface area contributed by atoms with Crippen LogP contribution in [0, 0.1) is 0 Å². The van der Waals surface area contributed by atoms with Crippen molar-refractivity contribution in [2.45, 2.75) is 24.3 Å². The van der Waals surface area contributed by atoms with Crippen LogP contribution in [0.2, 0.25) is 0 Å². The van der Waals surface area contributed by atoms with E-state index in [2.05, 4.69) is 9.82 Å². The topological polar surface area (TPSA) is 90.0 Å². The van der Waals surface area contributed by atoms with E-state index < -0.39 is 10.0 Å². The average molecular weight is 232 g/mol. The molecule has 0 saturated heterocycles. The fourth-order valence-electron chi connectivity index (χ4n) is 1.18. The van der Waals surface area contributed by atoms with Crippen LogP contribution in [-0.2, 0) is 17.1 Å². The van der Waals surface area contributed by atoms with Crippen LogP contribution in [0.25, 0.3) is 0 Å². The summed E-state index contributed by atoms with van der Waals surface area (Å²) in [6, 6.07) is -0.166. The molecular weight excluding hydrogens is 216 g/mol. The summed E-state index contributed by atoms with van der Waals surface area (Å²) in [6.45, 7) is 2.23. The Kier molecular flexibility index (Phi) is 3.83. The van der Waals surface area contributed by atoms with Crippen LogP contribution in [0.4, 0.5) is 0 Å². The lowest BCUT2D eigenvalue weighted by Crippen LogP contribution is -2.33. The number of nitrogens with zero attached hydrogens (tertiary/aromatic N) is 2. The van der Waals surface area contributed by atoms with Crippen LogP contribution < -0.4 is 10.5 Å². The van der Waals surface area contributed by atoms with Gasteiger partial charge in [-0.1, -0.05) is 0 Å². The maximum atomic E-state index is 11.7. The predicted octanol–water partition coefficient (Wildman–Crippen LogP) is -0.564. The highest BCUT2D eigenvalue weighted by molar-refractivity contribution is 7.89. The van der Waals surface area contributed by atoms with E-state index in [1.165, 1.54) is 17.1 Å². The van der Waals surface area contributed by atoms with Gasteiger partial charge in [0.1, 0.15) is 4.90 Å². The summed E-state index contributed by atoms with van der Waals surface area (Å²) in [7, 11) is -1.78. The number of nitrogens with two attached hydrogens (primary N) is 1. The molecule has 15 heavy (non-hydrogen) atoms. The average Bonchev–Trinajstić information content (AvgIpc) is 2.51. The first-order chi connectivity index (χ1) is 6.95. The molecule has 0 saturated carbocycles. The smallest absolute Gasteiger partial charge is 0.243 e. The van der Waals surface area contributed by atoms with E-state index in [0.717, 1.165) is 0 Å². The molecule has 0 aliphatic rings. The van der Waals surface area contributed by atoms with Gasteiger partial charge in [-0.05, 0) is 19.9 Å². The van der Waals surface area contributed by atoms with Crippen molar-refractivity contribution in [1.29, 1.82) is 0 Å². The predicted molar refractivity (Wildman–Crippen MR) is 56.7 cm³/mol. The van der Waals surface area contributed by atoms with Crippen LogP contribution in [0.15, 0.2) is 17.3 Å². The largest absolute Gasteiger partial charge is 0.330 e. The van der Waals surface area contributed by atoms with Crippen molar-refractivity contribution in [2.75, 3.05) is 6.54 Å². The van der Waals surface area contributed by atoms with Crippen molar-refractivity contribution in [3.05, 3.63) is 12.4 Å². The molecule has 0 amide bonds. The maximum Gasteiger partial charge on any atom is 0.243 e. The van der Waals surface area contributed by atoms with Gasteiger partial charge < -0.3 is 5.73 Å². The van der Waals surface area contributed by atoms with Crippen LogP contribution in [-0.4, -0.2) is 30.8 Å². The molecule has 1 aromatic rings. The lowest BCUT2D eigenvalue weighted by Gasteiger charge is -2.11. The number of aryl methyl sites for hydroxylation is 1. The van der Waals surface area contributed by atoms with E-state index in [-0.39, 0.29) is 10.9 Å². The van der Waals surface area contributed by atoms with Gasteiger partial charge in [0.15, 0.2) is 0 Å². The molecule has 0 fully saturated rings. The van der Waals surface area contributed by atoms with Crippen molar-refractivity contribution in [3.63, 3.8) is 0 Å². The molecular formula is C8H16N4O2S. The molecule has 0 radical (unpaired) electrons. The molecule has 0 spiro atoms. The van der Waals surface area contributed by atoms with E-state index in [1.54, 1.807) is 14.0 Å². The van der Waals surface area contributed by atoms with Crippen LogP contribution in [0.1, 0.15) is 13.3 Å². The molecule has 6 nitrogen and oxygen atoms in total. The summed E-state index contributed by atoms with van der Waals surface area (Å²) >= 11 is 0. The molecule has 0 aliphatic carbocycles. The van der Waals surface area contributed by atoms with Gasteiger partial charge in [0.25, 0.3) is 0 Å². The number of rotatable bonds is 5. The Hall–Kier alpha value is -0.920. The van der Waals surface area contributed by atoms with Gasteiger partial charge in [-0.3, -0.25) is 4.68 Å². The molecule has 1 heterocycles. The van der Waals surface area contributed by atoms with Crippen LogP contribution in [0.5, 0.6) is 0 Å². The van der Waals surface area contributed by atoms with E-state index in [0.29, 0.717) is 13.0 Å². The maximum absolute atomic E-state index is 11.7. The lowest BCUT2D eigenvalue weighted by molar-refractivity contribution is 0.549. The van der Waals surface area contributed by atoms with Crippen molar-refractivity contribution in [3.8, 4) is 0 Å². The van der Waals surface area contributed by atoms with Gasteiger partial charge in [0, 0.05) is 19.3 Å². The summed E-state index contributed by atoms with van der Waals surface area (Å²) in [5.41, 5.74) is 5.34. The first-order valence-corrected chi connectivity index (χ1v) is 6.15. The second-order valence-electron chi connectivity index (χ2n) is 3.45. The van der Waals surface area contributed by atoms with Gasteiger partial charge >= 0.3 is 0 Å². The summed E-state index contributed by atoms with van der Waals surface area (Å²) in [5, 5.41) is 3.81. The third-order valence-corrected chi connectivity index (χ3v) is 3.49. The van der Waals surface area contributed by atoms with E-state index in [1.807, 2.05) is 0 Å². The lowest BCUT2D eigenvalue weighted by atomic mass is 10.3. The zero-order valence-corrected chi connectivity index (χ0v) is 9.66. The van der Waals surface area contributed by atoms with Gasteiger partial charge in [-0.2, -0.15) is 5.10 Å². The Labute approximate surface area is 89.5 Å². The molecule has 3 N–H and O–H groups in total. The van der Waals surface area contributed by atoms with E-state index in [4.69, 9.17) is 5.73 Å². The standard InChI is InChI=1S/C8H16N4O2S/c1-7(3-4-9)11-15(13,14)8-5-10-12(2)6-8/h5-7,11H,3-4,9H2,1-2H3. The van der Waals surface area contributed by atoms with Gasteiger partial charge in [-0.25, -0.2) is 13.1 Å². The van der Waals surface area contributed by atoms with Gasteiger partial charge in [0.05, 0.1) is 6.20 Å². The Balaban J connectivity index is 2.76. The second-order valence-corrected chi connectivity index (χ2v) is 5.16. The summed E-state index contributed by atoms with van der Waals surface area (Å²) in [4.78, 5) is 0.175. The molecule has 0 bridgehead atoms. The minimum atomic E-state index is -3.45. The Morgan fingerprint density at radius 3 is 2.80 bits per heavy atom. The van der Waals surface area contributed by atoms with Crippen molar-refractivity contribution in [1.82, 2.24) is 14.5 Å². The number of hydrogen-bond donors (Lipinski definition) is 2. The fraction of sp³-hybridized carbons (Fsp3) is 0.625. The Bertz CT molecular complexity index is 412. The highest BCUT2D eigenvalue weighted by Gasteiger charge is 2.18. The normalized spacial score (nSPS) is 14.1. The Morgan fingerprint density at radius 2 is 2.33 bits per heavy atom. The molecule has 1 unspecified atom stereocenters. The van der Waals surface area contributed by atoms with Crippen molar-refractivity contribution < 1.29 is 8.42 Å². The molecule has 1 rings (SSSR count). The molecule has 1 aromatic heterocycles. The van der Waals surface area contributed by atoms with Crippen molar-refractivity contribution in [2.24, 2.45) is 12.8 Å². The number of sulfonamides is 1. The minimum absolute atomic E-state index is 0.166. The SMILES string of the molecule is CC(CCN)NS(=O)(=O)c1cnn(C)c1. The van der Waals surface area contributed by atoms with Crippen LogP contribution >= 0.6 is 0 Å². The first kappa shape index (κ1) is 12.2. The molecule has 0 aliphatic heterocycles. The number of hydrogen-bond acceptors (Lipinski definition) is 4. The molecule has 1 atom stereocenters. The van der Waals surface area contributed by atoms with E-state index >= 15 is 0 Å². The summed E-state index contributed by atoms with van der Waals surface area (Å²) < 4.78 is 27.4. The van der Waals surface area contributed by atoms with Crippen LogP contribution in [0.3, 0.4) is 0 Å². The molecule has 7 heteroatoms. The zero-order valence-electron chi connectivity index (χ0n) is 8.84. The van der Waals surface area contributed by atoms with Crippen molar-refractivity contribution >= 4 is 10.0 Å². The molecule has 86 valence electrons. The number of nitrogens with one attached hydrogen (secondary N) is 1. The highest BCUT2D eigenvalue weighted by Crippen LogP contribution is 2.07.